The van der Waals surface area contributed by atoms with E-state index in [0.717, 1.165) is 94.7 Å². The van der Waals surface area contributed by atoms with Gasteiger partial charge >= 0.3 is 17.9 Å². The van der Waals surface area contributed by atoms with Crippen molar-refractivity contribution < 1.29 is 54.4 Å². The first-order chi connectivity index (χ1) is 34.1. The zero-order valence-corrected chi connectivity index (χ0v) is 51.7. The smallest absolute Gasteiger partial charge is 0.348 e. The molecule has 0 saturated carbocycles. The Kier molecular flexibility index (Phi) is 31.3. The molecular weight excluding hydrogens is 970 g/mol. The second-order valence-electron chi connectivity index (χ2n) is 24.1. The molecule has 3 N–H and O–H groups in total. The van der Waals surface area contributed by atoms with Crippen LogP contribution in [-0.2, 0) is 37.4 Å². The summed E-state index contributed by atoms with van der Waals surface area (Å²) in [7, 11) is -3.93. The van der Waals surface area contributed by atoms with E-state index in [9.17, 15) is 9.59 Å². The van der Waals surface area contributed by atoms with E-state index in [2.05, 4.69) is 118 Å². The van der Waals surface area contributed by atoms with Gasteiger partial charge in [-0.1, -0.05) is 165 Å². The van der Waals surface area contributed by atoms with Crippen LogP contribution >= 0.6 is 0 Å². The minimum Gasteiger partial charge on any atom is -1.00 e. The Hall–Kier alpha value is -2.01. The van der Waals surface area contributed by atoms with Crippen molar-refractivity contribution in [2.75, 3.05) is 26.4 Å². The molecule has 3 aliphatic rings. The van der Waals surface area contributed by atoms with Gasteiger partial charge < -0.3 is 40.2 Å². The van der Waals surface area contributed by atoms with Crippen LogP contribution in [0.5, 0.6) is 0 Å². The Morgan fingerprint density at radius 3 is 1.93 bits per heavy atom. The Balaban J connectivity index is 0.0000183. The fraction of sp³-hybridized carbons (Fsp3) is 0.847. The van der Waals surface area contributed by atoms with Gasteiger partial charge in [-0.15, -0.1) is 0 Å². The fourth-order valence-corrected chi connectivity index (χ4v) is 18.6. The number of allylic oxidation sites excluding steroid dienone is 2. The standard InChI is InChI=1S/C59H109N3O8Si2.ClH/c1-15-41-65-54(63)37-28-26-24-22-20-18-17-19-21-23-25-27-31-42-66-56(64)55-52(36-32-34-49(9)69-71(13,14)58(10,11)12)61-57(60)62-50(38-39-53(55)62)45-59(67-43-33-44-68-59)40-30-29-35-51(16-2)70-72(46(3)4,47(5)6)48(7)8;/h15,29,35,46-51,53H,1,16-28,30-34,36-45H2,2-14H3,(H2,60,61,64);1H/b35-29-;/t49-,50+,51+,53+;/m1./s1. The number of unbranched alkanes of at least 4 members (excludes halogenated alkanes) is 12. The third kappa shape index (κ3) is 21.7. The van der Waals surface area contributed by atoms with Crippen molar-refractivity contribution in [1.82, 2.24) is 5.32 Å². The predicted octanol–water partition coefficient (Wildman–Crippen LogP) is 11.9. The summed E-state index contributed by atoms with van der Waals surface area (Å²) >= 11 is 0. The van der Waals surface area contributed by atoms with Crippen LogP contribution in [0.2, 0.25) is 34.8 Å². The molecule has 424 valence electrons. The van der Waals surface area contributed by atoms with Crippen LogP contribution in [0.25, 0.3) is 0 Å². The SMILES string of the molecule is C=CCOC(=O)CCCCCCCCCCCCCCCOC(=O)C1=C(CCC[C@@H](C)O[Si](C)(C)C(C)(C)C)NC(N)=[N+]2[C@H](CC3(CC/C=C\[C@H](CC)O[Si](C(C)C)(C(C)C)C(C)C)OCCCO3)CC[C@@H]12.[Cl-]. The first-order valence-electron chi connectivity index (χ1n) is 29.3. The number of halogens is 1. The molecule has 0 aromatic rings. The van der Waals surface area contributed by atoms with Gasteiger partial charge in [0.05, 0.1) is 37.7 Å². The van der Waals surface area contributed by atoms with E-state index < -0.39 is 22.4 Å². The molecule has 0 aliphatic carbocycles. The van der Waals surface area contributed by atoms with Crippen molar-refractivity contribution in [2.24, 2.45) is 5.73 Å². The molecule has 0 amide bonds. The van der Waals surface area contributed by atoms with E-state index in [-0.39, 0.29) is 53.7 Å². The number of carbonyl (C=O) groups excluding carboxylic acids is 2. The Morgan fingerprint density at radius 2 is 1.40 bits per heavy atom. The van der Waals surface area contributed by atoms with Gasteiger partial charge in [-0.3, -0.25) is 15.1 Å². The first kappa shape index (κ1) is 67.1. The highest BCUT2D eigenvalue weighted by Crippen LogP contribution is 2.44. The fourth-order valence-electron chi connectivity index (χ4n) is 11.6. The number of nitrogens with two attached hydrogens (primary N) is 1. The summed E-state index contributed by atoms with van der Waals surface area (Å²) < 4.78 is 40.6. The highest BCUT2D eigenvalue weighted by molar-refractivity contribution is 6.77. The monoisotopic (exact) mass is 1080 g/mol. The summed E-state index contributed by atoms with van der Waals surface area (Å²) in [6.07, 6.45) is 30.3. The van der Waals surface area contributed by atoms with Crippen LogP contribution in [-0.4, -0.2) is 95.6 Å². The second kappa shape index (κ2) is 34.0. The summed E-state index contributed by atoms with van der Waals surface area (Å²) in [6.45, 7) is 35.7. The maximum absolute atomic E-state index is 14.4. The summed E-state index contributed by atoms with van der Waals surface area (Å²) in [5, 5.41) is 3.71. The lowest BCUT2D eigenvalue weighted by molar-refractivity contribution is -0.580. The quantitative estimate of drug-likeness (QED) is 0.0204. The van der Waals surface area contributed by atoms with Crippen molar-refractivity contribution in [3.05, 3.63) is 36.1 Å². The Bertz CT molecular complexity index is 1680. The number of carbonyl (C=O) groups is 2. The van der Waals surface area contributed by atoms with Gasteiger partial charge in [0, 0.05) is 31.8 Å². The highest BCUT2D eigenvalue weighted by Gasteiger charge is 2.49. The van der Waals surface area contributed by atoms with Crippen LogP contribution in [0.1, 0.15) is 230 Å². The van der Waals surface area contributed by atoms with Crippen LogP contribution < -0.4 is 23.5 Å². The van der Waals surface area contributed by atoms with E-state index >= 15 is 0 Å². The average molecular weight is 1080 g/mol. The van der Waals surface area contributed by atoms with E-state index in [0.29, 0.717) is 68.3 Å². The van der Waals surface area contributed by atoms with Gasteiger partial charge in [0.2, 0.25) is 8.32 Å². The summed E-state index contributed by atoms with van der Waals surface area (Å²) in [5.74, 6) is -0.450. The lowest BCUT2D eigenvalue weighted by Crippen LogP contribution is -3.00. The van der Waals surface area contributed by atoms with Crippen molar-refractivity contribution in [1.29, 1.82) is 0 Å². The molecule has 3 rings (SSSR count). The van der Waals surface area contributed by atoms with E-state index in [1.54, 1.807) is 6.08 Å². The number of nitrogens with one attached hydrogen (secondary N) is 1. The number of esters is 2. The molecule has 0 aromatic heterocycles. The first-order valence-corrected chi connectivity index (χ1v) is 34.3. The van der Waals surface area contributed by atoms with Crippen molar-refractivity contribution in [2.45, 2.75) is 295 Å². The van der Waals surface area contributed by atoms with Crippen LogP contribution in [0.3, 0.4) is 0 Å². The Morgan fingerprint density at radius 1 is 0.836 bits per heavy atom. The zero-order valence-electron chi connectivity index (χ0n) is 48.9. The van der Waals surface area contributed by atoms with Crippen LogP contribution in [0.4, 0.5) is 0 Å². The molecule has 2 fully saturated rings. The molecule has 3 heterocycles. The normalized spacial score (nSPS) is 19.3. The van der Waals surface area contributed by atoms with E-state index in [1.807, 2.05) is 0 Å². The predicted molar refractivity (Wildman–Crippen MR) is 303 cm³/mol. The number of fused-ring (bicyclic) bond motifs is 1. The maximum atomic E-state index is 14.4. The largest absolute Gasteiger partial charge is 1.00 e. The van der Waals surface area contributed by atoms with E-state index in [1.165, 1.54) is 51.4 Å². The molecule has 3 aliphatic heterocycles. The zero-order chi connectivity index (χ0) is 53.4. The summed E-state index contributed by atoms with van der Waals surface area (Å²) in [4.78, 5) is 26.0. The minimum absolute atomic E-state index is 0. The molecule has 11 nitrogen and oxygen atoms in total. The number of hydrogen-bond acceptors (Lipinski definition) is 10. The number of ether oxygens (including phenoxy) is 4. The molecule has 0 spiro atoms. The number of hydrogen-bond donors (Lipinski definition) is 2. The minimum atomic E-state index is -2.02. The molecule has 73 heavy (non-hydrogen) atoms. The molecule has 0 aromatic carbocycles. The average Bonchev–Trinajstić information content (AvgIpc) is 3.72. The van der Waals surface area contributed by atoms with Gasteiger partial charge in [-0.25, -0.2) is 10.1 Å². The molecule has 4 atom stereocenters. The van der Waals surface area contributed by atoms with Crippen molar-refractivity contribution in [3.63, 3.8) is 0 Å². The third-order valence-electron chi connectivity index (χ3n) is 16.5. The topological polar surface area (TPSA) is 131 Å². The summed E-state index contributed by atoms with van der Waals surface area (Å²) in [5.41, 5.74) is 10.3. The van der Waals surface area contributed by atoms with Gasteiger partial charge in [-0.05, 0) is 99.5 Å². The van der Waals surface area contributed by atoms with Crippen LogP contribution in [0.15, 0.2) is 36.1 Å². The van der Waals surface area contributed by atoms with Gasteiger partial charge in [-0.2, -0.15) is 0 Å². The molecule has 2 saturated heterocycles. The highest BCUT2D eigenvalue weighted by atomic mass is 35.5. The van der Waals surface area contributed by atoms with Gasteiger partial charge in [0.15, 0.2) is 14.1 Å². The number of guanidine groups is 1. The number of nitrogens with zero attached hydrogens (tertiary/aromatic N) is 1. The molecule has 0 bridgehead atoms. The van der Waals surface area contributed by atoms with E-state index in [4.69, 9.17) is 33.5 Å². The lowest BCUT2D eigenvalue weighted by atomic mass is 9.97. The lowest BCUT2D eigenvalue weighted by Gasteiger charge is -2.44. The van der Waals surface area contributed by atoms with Crippen molar-refractivity contribution >= 4 is 34.5 Å². The van der Waals surface area contributed by atoms with Crippen LogP contribution in [0, 0.1) is 0 Å². The van der Waals surface area contributed by atoms with Gasteiger partial charge in [0.1, 0.15) is 18.2 Å². The molecular formula is C59H110ClN3O8Si2. The third-order valence-corrected chi connectivity index (χ3v) is 27.2. The molecule has 14 heteroatoms. The van der Waals surface area contributed by atoms with Gasteiger partial charge in [0.25, 0.3) is 0 Å². The maximum Gasteiger partial charge on any atom is 0.348 e. The Labute approximate surface area is 455 Å². The number of rotatable bonds is 37. The molecule has 0 unspecified atom stereocenters. The second-order valence-corrected chi connectivity index (χ2v) is 34.3. The molecule has 0 radical (unpaired) electrons. The van der Waals surface area contributed by atoms with Crippen molar-refractivity contribution in [3.8, 4) is 0 Å². The summed E-state index contributed by atoms with van der Waals surface area (Å²) in [6, 6.07) is -0.113.